The number of benzene rings is 2. The minimum Gasteiger partial charge on any atom is -0.326 e. The third kappa shape index (κ3) is 4.06. The second-order valence-corrected chi connectivity index (χ2v) is 5.31. The molecule has 2 aromatic rings. The highest BCUT2D eigenvalue weighted by Crippen LogP contribution is 2.25. The summed E-state index contributed by atoms with van der Waals surface area (Å²) in [6.07, 6.45) is 1.05. The van der Waals surface area contributed by atoms with Crippen LogP contribution in [0.15, 0.2) is 42.5 Å². The molecular weight excluding hydrogens is 273 g/mol. The Kier molecular flexibility index (Phi) is 6.18. The van der Waals surface area contributed by atoms with Gasteiger partial charge in [0.1, 0.15) is 5.82 Å². The van der Waals surface area contributed by atoms with Gasteiger partial charge in [0.25, 0.3) is 0 Å². The van der Waals surface area contributed by atoms with E-state index in [1.165, 1.54) is 11.6 Å². The number of hydrogen-bond donors (Lipinski definition) is 1. The van der Waals surface area contributed by atoms with Crippen molar-refractivity contribution in [2.75, 3.05) is 0 Å². The van der Waals surface area contributed by atoms with Crippen LogP contribution in [0, 0.1) is 11.7 Å². The molecule has 0 atom stereocenters. The molecule has 2 rings (SSSR count). The number of rotatable bonds is 4. The van der Waals surface area contributed by atoms with Crippen molar-refractivity contribution in [3.63, 3.8) is 0 Å². The van der Waals surface area contributed by atoms with Crippen molar-refractivity contribution in [1.82, 2.24) is 0 Å². The fourth-order valence-corrected chi connectivity index (χ4v) is 2.21. The SMILES string of the molecule is CC(C)Cc1ccc(-c2cc(CN)ccc2F)cc1.Cl. The van der Waals surface area contributed by atoms with Crippen LogP contribution in [-0.4, -0.2) is 0 Å². The maximum atomic E-state index is 13.9. The zero-order valence-electron chi connectivity index (χ0n) is 11.9. The van der Waals surface area contributed by atoms with E-state index in [-0.39, 0.29) is 18.2 Å². The Labute approximate surface area is 126 Å². The van der Waals surface area contributed by atoms with Crippen LogP contribution in [-0.2, 0) is 13.0 Å². The standard InChI is InChI=1S/C17H20FN.ClH/c1-12(2)9-13-3-6-15(7-4-13)16-10-14(11-19)5-8-17(16)18;/h3-8,10,12H,9,11,19H2,1-2H3;1H. The summed E-state index contributed by atoms with van der Waals surface area (Å²) in [4.78, 5) is 0. The molecule has 0 spiro atoms. The molecule has 2 aromatic carbocycles. The molecule has 0 radical (unpaired) electrons. The third-order valence-electron chi connectivity index (χ3n) is 3.18. The second kappa shape index (κ2) is 7.41. The average Bonchev–Trinajstić information content (AvgIpc) is 2.40. The highest BCUT2D eigenvalue weighted by molar-refractivity contribution is 5.85. The van der Waals surface area contributed by atoms with Crippen LogP contribution in [0.5, 0.6) is 0 Å². The Morgan fingerprint density at radius 3 is 2.15 bits per heavy atom. The molecule has 0 aromatic heterocycles. The molecule has 0 fully saturated rings. The van der Waals surface area contributed by atoms with Gasteiger partial charge in [-0.05, 0) is 41.2 Å². The van der Waals surface area contributed by atoms with Crippen molar-refractivity contribution in [3.8, 4) is 11.1 Å². The molecule has 0 heterocycles. The van der Waals surface area contributed by atoms with E-state index in [2.05, 4.69) is 26.0 Å². The Morgan fingerprint density at radius 1 is 1.00 bits per heavy atom. The average molecular weight is 294 g/mol. The molecule has 0 aliphatic carbocycles. The molecule has 0 aliphatic rings. The quantitative estimate of drug-likeness (QED) is 0.878. The lowest BCUT2D eigenvalue weighted by Gasteiger charge is -2.08. The molecule has 0 aliphatic heterocycles. The molecule has 108 valence electrons. The molecule has 20 heavy (non-hydrogen) atoms. The van der Waals surface area contributed by atoms with Crippen LogP contribution in [0.1, 0.15) is 25.0 Å². The van der Waals surface area contributed by atoms with Gasteiger partial charge in [0.2, 0.25) is 0 Å². The first-order valence-corrected chi connectivity index (χ1v) is 6.68. The smallest absolute Gasteiger partial charge is 0.131 e. The monoisotopic (exact) mass is 293 g/mol. The van der Waals surface area contributed by atoms with E-state index < -0.39 is 0 Å². The molecule has 0 amide bonds. The number of nitrogens with two attached hydrogens (primary N) is 1. The van der Waals surface area contributed by atoms with Gasteiger partial charge in [-0.15, -0.1) is 12.4 Å². The Balaban J connectivity index is 0.00000200. The molecule has 0 unspecified atom stereocenters. The number of hydrogen-bond acceptors (Lipinski definition) is 1. The van der Waals surface area contributed by atoms with Gasteiger partial charge in [0, 0.05) is 12.1 Å². The van der Waals surface area contributed by atoms with Crippen LogP contribution in [0.25, 0.3) is 11.1 Å². The predicted molar refractivity (Wildman–Crippen MR) is 85.5 cm³/mol. The van der Waals surface area contributed by atoms with Gasteiger partial charge in [-0.25, -0.2) is 4.39 Å². The minimum absolute atomic E-state index is 0. The van der Waals surface area contributed by atoms with Crippen LogP contribution < -0.4 is 5.73 Å². The summed E-state index contributed by atoms with van der Waals surface area (Å²) < 4.78 is 13.9. The van der Waals surface area contributed by atoms with Crippen molar-refractivity contribution < 1.29 is 4.39 Å². The van der Waals surface area contributed by atoms with Crippen molar-refractivity contribution in [1.29, 1.82) is 0 Å². The van der Waals surface area contributed by atoms with E-state index in [4.69, 9.17) is 5.73 Å². The predicted octanol–water partition coefficient (Wildman–Crippen LogP) is 4.57. The largest absolute Gasteiger partial charge is 0.326 e. The Hall–Kier alpha value is -1.38. The first-order valence-electron chi connectivity index (χ1n) is 6.68. The molecule has 3 heteroatoms. The topological polar surface area (TPSA) is 26.0 Å². The molecule has 0 saturated carbocycles. The summed E-state index contributed by atoms with van der Waals surface area (Å²) >= 11 is 0. The third-order valence-corrected chi connectivity index (χ3v) is 3.18. The van der Waals surface area contributed by atoms with E-state index in [1.54, 1.807) is 6.07 Å². The highest BCUT2D eigenvalue weighted by atomic mass is 35.5. The van der Waals surface area contributed by atoms with Crippen molar-refractivity contribution in [3.05, 3.63) is 59.4 Å². The van der Waals surface area contributed by atoms with E-state index in [1.807, 2.05) is 18.2 Å². The first-order chi connectivity index (χ1) is 9.10. The lowest BCUT2D eigenvalue weighted by atomic mass is 9.98. The van der Waals surface area contributed by atoms with Gasteiger partial charge >= 0.3 is 0 Å². The molecule has 0 bridgehead atoms. The van der Waals surface area contributed by atoms with Gasteiger partial charge in [0.05, 0.1) is 0 Å². The van der Waals surface area contributed by atoms with Crippen molar-refractivity contribution in [2.24, 2.45) is 11.7 Å². The molecule has 1 nitrogen and oxygen atoms in total. The van der Waals surface area contributed by atoms with Crippen molar-refractivity contribution in [2.45, 2.75) is 26.8 Å². The maximum Gasteiger partial charge on any atom is 0.131 e. The van der Waals surface area contributed by atoms with Gasteiger partial charge in [-0.2, -0.15) is 0 Å². The second-order valence-electron chi connectivity index (χ2n) is 5.31. The van der Waals surface area contributed by atoms with Crippen LogP contribution in [0.4, 0.5) is 4.39 Å². The lowest BCUT2D eigenvalue weighted by Crippen LogP contribution is -1.97. The Bertz CT molecular complexity index is 549. The summed E-state index contributed by atoms with van der Waals surface area (Å²) in [5.41, 5.74) is 9.36. The van der Waals surface area contributed by atoms with Crippen LogP contribution in [0.2, 0.25) is 0 Å². The van der Waals surface area contributed by atoms with Gasteiger partial charge in [-0.3, -0.25) is 0 Å². The lowest BCUT2D eigenvalue weighted by molar-refractivity contribution is 0.630. The van der Waals surface area contributed by atoms with Crippen LogP contribution >= 0.6 is 12.4 Å². The Morgan fingerprint density at radius 2 is 1.60 bits per heavy atom. The molecule has 2 N–H and O–H groups in total. The summed E-state index contributed by atoms with van der Waals surface area (Å²) in [6.45, 7) is 4.81. The van der Waals surface area contributed by atoms with E-state index >= 15 is 0 Å². The summed E-state index contributed by atoms with van der Waals surface area (Å²) in [6, 6.07) is 13.2. The molecular formula is C17H21ClFN. The fourth-order valence-electron chi connectivity index (χ4n) is 2.21. The number of halogens is 2. The minimum atomic E-state index is -0.200. The maximum absolute atomic E-state index is 13.9. The molecule has 0 saturated heterocycles. The zero-order valence-corrected chi connectivity index (χ0v) is 12.7. The highest BCUT2D eigenvalue weighted by Gasteiger charge is 2.06. The zero-order chi connectivity index (χ0) is 13.8. The fraction of sp³-hybridized carbons (Fsp3) is 0.294. The van der Waals surface area contributed by atoms with Crippen molar-refractivity contribution >= 4 is 12.4 Å². The summed E-state index contributed by atoms with van der Waals surface area (Å²) in [5, 5.41) is 0. The van der Waals surface area contributed by atoms with Gasteiger partial charge in [0.15, 0.2) is 0 Å². The normalized spacial score (nSPS) is 10.4. The summed E-state index contributed by atoms with van der Waals surface area (Å²) in [5.74, 6) is 0.428. The van der Waals surface area contributed by atoms with Gasteiger partial charge in [-0.1, -0.05) is 44.2 Å². The first kappa shape index (κ1) is 16.7. The van der Waals surface area contributed by atoms with E-state index in [9.17, 15) is 4.39 Å². The van der Waals surface area contributed by atoms with Gasteiger partial charge < -0.3 is 5.73 Å². The summed E-state index contributed by atoms with van der Waals surface area (Å²) in [7, 11) is 0. The van der Waals surface area contributed by atoms with Crippen LogP contribution in [0.3, 0.4) is 0 Å². The van der Waals surface area contributed by atoms with E-state index in [0.717, 1.165) is 17.5 Å². The van der Waals surface area contributed by atoms with E-state index in [0.29, 0.717) is 18.0 Å².